The van der Waals surface area contributed by atoms with Gasteiger partial charge in [-0.2, -0.15) is 0 Å². The number of halogens is 1. The Bertz CT molecular complexity index is 1440. The number of hydrogen-bond donors (Lipinski definition) is 1. The highest BCUT2D eigenvalue weighted by molar-refractivity contribution is 7.94. The number of pyridine rings is 1. The van der Waals surface area contributed by atoms with Crippen molar-refractivity contribution in [1.82, 2.24) is 9.88 Å². The molecule has 4 aromatic rings. The molecule has 0 aliphatic carbocycles. The maximum absolute atomic E-state index is 14.9. The Morgan fingerprint density at radius 3 is 2.58 bits per heavy atom. The molecule has 0 aliphatic rings. The number of sulfonamides is 1. The molecule has 0 aliphatic heterocycles. The van der Waals surface area contributed by atoms with Gasteiger partial charge in [-0.1, -0.05) is 6.07 Å². The number of thiophene rings is 1. The number of methoxy groups -OCH3 is 1. The van der Waals surface area contributed by atoms with Crippen LogP contribution in [0.2, 0.25) is 0 Å². The molecule has 0 radical (unpaired) electrons. The highest BCUT2D eigenvalue weighted by Gasteiger charge is 2.17. The normalized spacial score (nSPS) is 11.6. The van der Waals surface area contributed by atoms with Gasteiger partial charge in [-0.15, -0.1) is 11.3 Å². The van der Waals surface area contributed by atoms with E-state index >= 15 is 0 Å². The van der Waals surface area contributed by atoms with E-state index in [0.29, 0.717) is 34.8 Å². The van der Waals surface area contributed by atoms with E-state index in [1.54, 1.807) is 43.0 Å². The zero-order valence-electron chi connectivity index (χ0n) is 20.0. The molecular weight excluding hydrogens is 505 g/mol. The number of benzene rings is 2. The highest BCUT2D eigenvalue weighted by Crippen LogP contribution is 2.38. The maximum atomic E-state index is 14.9. The molecule has 0 atom stereocenters. The first-order chi connectivity index (χ1) is 17.3. The van der Waals surface area contributed by atoms with Crippen LogP contribution in [-0.2, 0) is 10.0 Å². The molecule has 0 bridgehead atoms. The van der Waals surface area contributed by atoms with Crippen LogP contribution in [0.3, 0.4) is 0 Å². The molecule has 190 valence electrons. The number of ether oxygens (including phenoxy) is 3. The predicted octanol–water partition coefficient (Wildman–Crippen LogP) is 5.37. The molecular formula is C25H26FN3O5S2. The van der Waals surface area contributed by atoms with Gasteiger partial charge in [-0.25, -0.2) is 12.8 Å². The van der Waals surface area contributed by atoms with Crippen LogP contribution in [0.5, 0.6) is 23.0 Å². The number of fused-ring (bicyclic) bond motifs is 1. The Hall–Kier alpha value is -3.41. The molecule has 0 spiro atoms. The second-order valence-electron chi connectivity index (χ2n) is 8.12. The van der Waals surface area contributed by atoms with Crippen LogP contribution in [0.1, 0.15) is 6.42 Å². The first-order valence-electron chi connectivity index (χ1n) is 11.0. The second kappa shape index (κ2) is 11.1. The van der Waals surface area contributed by atoms with Crippen molar-refractivity contribution in [3.63, 3.8) is 0 Å². The van der Waals surface area contributed by atoms with Crippen molar-refractivity contribution in [1.29, 1.82) is 0 Å². The molecule has 4 rings (SSSR count). The monoisotopic (exact) mass is 531 g/mol. The molecule has 2 aromatic carbocycles. The quantitative estimate of drug-likeness (QED) is 0.260. The summed E-state index contributed by atoms with van der Waals surface area (Å²) in [5.41, 5.74) is 0.683. The molecule has 0 saturated carbocycles. The van der Waals surface area contributed by atoms with E-state index in [9.17, 15) is 12.8 Å². The van der Waals surface area contributed by atoms with E-state index in [2.05, 4.69) is 14.6 Å². The summed E-state index contributed by atoms with van der Waals surface area (Å²) in [6.07, 6.45) is 2.41. The molecule has 2 heterocycles. The summed E-state index contributed by atoms with van der Waals surface area (Å²) in [5.74, 6) is 0.637. The fourth-order valence-electron chi connectivity index (χ4n) is 3.44. The van der Waals surface area contributed by atoms with E-state index in [1.165, 1.54) is 18.2 Å². The average Bonchev–Trinajstić information content (AvgIpc) is 3.39. The number of nitrogens with zero attached hydrogens (tertiary/aromatic N) is 2. The number of rotatable bonds is 11. The van der Waals surface area contributed by atoms with Gasteiger partial charge in [-0.05, 0) is 56.2 Å². The van der Waals surface area contributed by atoms with Gasteiger partial charge in [0.15, 0.2) is 23.1 Å². The van der Waals surface area contributed by atoms with Gasteiger partial charge >= 0.3 is 0 Å². The van der Waals surface area contributed by atoms with Crippen LogP contribution >= 0.6 is 11.3 Å². The molecule has 0 saturated heterocycles. The van der Waals surface area contributed by atoms with Crippen molar-refractivity contribution in [3.8, 4) is 23.0 Å². The van der Waals surface area contributed by atoms with Crippen LogP contribution in [0.15, 0.2) is 64.3 Å². The largest absolute Gasteiger partial charge is 0.493 e. The number of nitrogens with one attached hydrogen (secondary N) is 1. The molecule has 8 nitrogen and oxygen atoms in total. The van der Waals surface area contributed by atoms with Crippen molar-refractivity contribution in [2.45, 2.75) is 10.6 Å². The Balaban J connectivity index is 1.55. The van der Waals surface area contributed by atoms with Gasteiger partial charge in [0.05, 0.1) is 24.9 Å². The fraction of sp³-hybridized carbons (Fsp3) is 0.240. The van der Waals surface area contributed by atoms with Crippen LogP contribution in [0.4, 0.5) is 10.1 Å². The zero-order valence-corrected chi connectivity index (χ0v) is 21.7. The lowest BCUT2D eigenvalue weighted by Crippen LogP contribution is -2.15. The van der Waals surface area contributed by atoms with Crippen molar-refractivity contribution >= 4 is 38.0 Å². The van der Waals surface area contributed by atoms with Crippen LogP contribution in [0.25, 0.3) is 10.9 Å². The van der Waals surface area contributed by atoms with Crippen molar-refractivity contribution in [3.05, 3.63) is 65.9 Å². The summed E-state index contributed by atoms with van der Waals surface area (Å²) in [7, 11) is 1.76. The molecule has 11 heteroatoms. The van der Waals surface area contributed by atoms with Crippen molar-refractivity contribution < 1.29 is 27.0 Å². The topological polar surface area (TPSA) is 90.0 Å². The van der Waals surface area contributed by atoms with E-state index < -0.39 is 15.8 Å². The molecule has 0 unspecified atom stereocenters. The smallest absolute Gasteiger partial charge is 0.271 e. The standard InChI is InChI=1S/C25H26FN3O5S2/c1-29(2)11-5-12-33-24-16-20-18(15-23(24)32-3)21(9-10-27-20)34-22-8-7-17(14-19(22)26)28-36(30,31)25-6-4-13-35-25/h4,6-10,13-16,28H,5,11-12H2,1-3H3. The molecule has 36 heavy (non-hydrogen) atoms. The van der Waals surface area contributed by atoms with Crippen molar-refractivity contribution in [2.24, 2.45) is 0 Å². The third kappa shape index (κ3) is 6.04. The van der Waals surface area contributed by atoms with Crippen LogP contribution < -0.4 is 18.9 Å². The Morgan fingerprint density at radius 1 is 1.06 bits per heavy atom. The van der Waals surface area contributed by atoms with Crippen molar-refractivity contribution in [2.75, 3.05) is 39.1 Å². The van der Waals surface area contributed by atoms with E-state index in [1.807, 2.05) is 14.1 Å². The minimum atomic E-state index is -3.79. The average molecular weight is 532 g/mol. The molecule has 2 aromatic heterocycles. The van der Waals surface area contributed by atoms with Crippen LogP contribution in [0, 0.1) is 5.82 Å². The maximum Gasteiger partial charge on any atom is 0.271 e. The predicted molar refractivity (Wildman–Crippen MR) is 139 cm³/mol. The van der Waals surface area contributed by atoms with Gasteiger partial charge in [0.1, 0.15) is 9.96 Å². The first kappa shape index (κ1) is 25.7. The third-order valence-corrected chi connectivity index (χ3v) is 7.94. The summed E-state index contributed by atoms with van der Waals surface area (Å²) >= 11 is 1.07. The third-order valence-electron chi connectivity index (χ3n) is 5.16. The summed E-state index contributed by atoms with van der Waals surface area (Å²) in [5, 5.41) is 2.26. The minimum Gasteiger partial charge on any atom is -0.493 e. The highest BCUT2D eigenvalue weighted by atomic mass is 32.2. The van der Waals surface area contributed by atoms with Gasteiger partial charge in [0.25, 0.3) is 10.0 Å². The minimum absolute atomic E-state index is 0.0652. The molecule has 1 N–H and O–H groups in total. The van der Waals surface area contributed by atoms with E-state index in [-0.39, 0.29) is 15.6 Å². The van der Waals surface area contributed by atoms with Gasteiger partial charge in [0, 0.05) is 30.3 Å². The summed E-state index contributed by atoms with van der Waals surface area (Å²) in [4.78, 5) is 6.46. The number of aromatic nitrogens is 1. The SMILES string of the molecule is COc1cc2c(Oc3ccc(NS(=O)(=O)c4cccs4)cc3F)ccnc2cc1OCCCN(C)C. The Labute approximate surface area is 213 Å². The molecule has 0 fully saturated rings. The molecule has 0 amide bonds. The van der Waals surface area contributed by atoms with Gasteiger partial charge in [0.2, 0.25) is 0 Å². The Kier molecular flexibility index (Phi) is 7.92. The van der Waals surface area contributed by atoms with E-state index in [4.69, 9.17) is 14.2 Å². The lowest BCUT2D eigenvalue weighted by Gasteiger charge is -2.15. The summed E-state index contributed by atoms with van der Waals surface area (Å²) in [6, 6.07) is 12.1. The fourth-order valence-corrected chi connectivity index (χ4v) is 5.48. The second-order valence-corrected chi connectivity index (χ2v) is 11.0. The summed E-state index contributed by atoms with van der Waals surface area (Å²) < 4.78 is 59.5. The van der Waals surface area contributed by atoms with Gasteiger partial charge < -0.3 is 19.1 Å². The summed E-state index contributed by atoms with van der Waals surface area (Å²) in [6.45, 7) is 1.41. The lowest BCUT2D eigenvalue weighted by molar-refractivity contribution is 0.268. The van der Waals surface area contributed by atoms with Crippen LogP contribution in [-0.4, -0.2) is 52.7 Å². The lowest BCUT2D eigenvalue weighted by atomic mass is 10.1. The zero-order chi connectivity index (χ0) is 25.7. The first-order valence-corrected chi connectivity index (χ1v) is 13.4. The van der Waals surface area contributed by atoms with E-state index in [0.717, 1.165) is 30.4 Å². The Morgan fingerprint density at radius 2 is 1.89 bits per heavy atom. The number of anilines is 1. The number of hydrogen-bond acceptors (Lipinski definition) is 8. The van der Waals surface area contributed by atoms with Gasteiger partial charge in [-0.3, -0.25) is 9.71 Å².